The normalized spacial score (nSPS) is 25.5. The molecule has 0 aromatic carbocycles. The minimum atomic E-state index is 0.769. The van der Waals surface area contributed by atoms with Gasteiger partial charge >= 0.3 is 0 Å². The fourth-order valence-corrected chi connectivity index (χ4v) is 4.09. The van der Waals surface area contributed by atoms with Gasteiger partial charge in [-0.1, -0.05) is 47.5 Å². The highest BCUT2D eigenvalue weighted by molar-refractivity contribution is 5.05. The van der Waals surface area contributed by atoms with Crippen LogP contribution in [0, 0.1) is 29.1 Å². The molecule has 0 amide bonds. The summed E-state index contributed by atoms with van der Waals surface area (Å²) < 4.78 is 0. The van der Waals surface area contributed by atoms with Crippen LogP contribution < -0.4 is 0 Å². The van der Waals surface area contributed by atoms with Crippen molar-refractivity contribution in [2.45, 2.75) is 60.3 Å². The van der Waals surface area contributed by atoms with Crippen molar-refractivity contribution in [1.82, 2.24) is 4.90 Å². The molecular formula is C17H33N. The van der Waals surface area contributed by atoms with Gasteiger partial charge in [-0.3, -0.25) is 0 Å². The number of hydrogen-bond acceptors (Lipinski definition) is 1. The van der Waals surface area contributed by atoms with Gasteiger partial charge in [0.25, 0.3) is 0 Å². The molecule has 1 heterocycles. The quantitative estimate of drug-likeness (QED) is 0.675. The summed E-state index contributed by atoms with van der Waals surface area (Å²) in [5.41, 5.74) is 0.769. The summed E-state index contributed by atoms with van der Waals surface area (Å²) in [5, 5.41) is 0. The molecule has 2 rings (SSSR count). The first kappa shape index (κ1) is 14.4. The molecule has 1 nitrogen and oxygen atoms in total. The molecule has 1 atom stereocenters. The summed E-state index contributed by atoms with van der Waals surface area (Å²) in [6, 6.07) is 0. The highest BCUT2D eigenvalue weighted by atomic mass is 15.2. The molecule has 0 N–H and O–H groups in total. The van der Waals surface area contributed by atoms with Crippen LogP contribution in [-0.2, 0) is 0 Å². The lowest BCUT2D eigenvalue weighted by Gasteiger charge is -2.61. The van der Waals surface area contributed by atoms with Crippen molar-refractivity contribution in [2.75, 3.05) is 19.6 Å². The molecule has 0 aromatic rings. The first-order valence-corrected chi connectivity index (χ1v) is 8.12. The average molecular weight is 251 g/mol. The third kappa shape index (κ3) is 3.29. The Morgan fingerprint density at radius 3 is 2.06 bits per heavy atom. The highest BCUT2D eigenvalue weighted by Gasteiger charge is 2.52. The lowest BCUT2D eigenvalue weighted by atomic mass is 9.54. The van der Waals surface area contributed by atoms with Gasteiger partial charge in [0.2, 0.25) is 0 Å². The van der Waals surface area contributed by atoms with Gasteiger partial charge in [0.15, 0.2) is 0 Å². The molecule has 0 bridgehead atoms. The monoisotopic (exact) mass is 251 g/mol. The largest absolute Gasteiger partial charge is 0.302 e. The van der Waals surface area contributed by atoms with Crippen molar-refractivity contribution in [1.29, 1.82) is 0 Å². The second-order valence-corrected chi connectivity index (χ2v) is 8.18. The highest BCUT2D eigenvalue weighted by Crippen LogP contribution is 2.55. The van der Waals surface area contributed by atoms with Gasteiger partial charge in [0, 0.05) is 19.6 Å². The van der Waals surface area contributed by atoms with E-state index in [4.69, 9.17) is 0 Å². The molecule has 1 aliphatic heterocycles. The van der Waals surface area contributed by atoms with Gasteiger partial charge in [-0.25, -0.2) is 0 Å². The maximum atomic E-state index is 2.67. The van der Waals surface area contributed by atoms with Crippen molar-refractivity contribution in [3.8, 4) is 0 Å². The van der Waals surface area contributed by atoms with Gasteiger partial charge in [-0.15, -0.1) is 0 Å². The standard InChI is InChI=1S/C17H33N/c1-13(2)6-7-15(5)16-8-17(9-16)11-18(12-17)10-14(3)4/h13-16H,6-12H2,1-5H3/t15-/m1/s1. The lowest BCUT2D eigenvalue weighted by Crippen LogP contribution is -2.63. The Bertz CT molecular complexity index is 255. The Morgan fingerprint density at radius 1 is 0.944 bits per heavy atom. The van der Waals surface area contributed by atoms with Crippen molar-refractivity contribution in [3.05, 3.63) is 0 Å². The summed E-state index contributed by atoms with van der Waals surface area (Å²) in [4.78, 5) is 2.67. The molecule has 1 heteroatoms. The smallest absolute Gasteiger partial charge is 0.00508 e. The Hall–Kier alpha value is -0.0400. The predicted molar refractivity (Wildman–Crippen MR) is 79.7 cm³/mol. The van der Waals surface area contributed by atoms with Gasteiger partial charge < -0.3 is 4.90 Å². The topological polar surface area (TPSA) is 3.24 Å². The van der Waals surface area contributed by atoms with Crippen molar-refractivity contribution < 1.29 is 0 Å². The van der Waals surface area contributed by atoms with E-state index < -0.39 is 0 Å². The van der Waals surface area contributed by atoms with E-state index in [1.165, 1.54) is 45.3 Å². The molecule has 0 radical (unpaired) electrons. The SMILES string of the molecule is CC(C)CC[C@@H](C)C1CC2(C1)CN(CC(C)C)C2. The van der Waals surface area contributed by atoms with E-state index >= 15 is 0 Å². The van der Waals surface area contributed by atoms with Crippen LogP contribution in [0.1, 0.15) is 60.3 Å². The van der Waals surface area contributed by atoms with E-state index in [9.17, 15) is 0 Å². The zero-order valence-corrected chi connectivity index (χ0v) is 13.2. The third-order valence-corrected chi connectivity index (χ3v) is 5.14. The lowest BCUT2D eigenvalue weighted by molar-refractivity contribution is -0.112. The average Bonchev–Trinajstić information content (AvgIpc) is 2.15. The minimum Gasteiger partial charge on any atom is -0.302 e. The van der Waals surface area contributed by atoms with E-state index in [-0.39, 0.29) is 0 Å². The van der Waals surface area contributed by atoms with Crippen LogP contribution in [0.5, 0.6) is 0 Å². The summed E-state index contributed by atoms with van der Waals surface area (Å²) in [6.07, 6.45) is 5.93. The molecule has 1 aliphatic carbocycles. The van der Waals surface area contributed by atoms with E-state index in [2.05, 4.69) is 39.5 Å². The molecule has 0 unspecified atom stereocenters. The van der Waals surface area contributed by atoms with E-state index in [0.29, 0.717) is 0 Å². The van der Waals surface area contributed by atoms with Crippen molar-refractivity contribution in [3.63, 3.8) is 0 Å². The van der Waals surface area contributed by atoms with Crippen LogP contribution >= 0.6 is 0 Å². The maximum absolute atomic E-state index is 2.67. The second-order valence-electron chi connectivity index (χ2n) is 8.18. The third-order valence-electron chi connectivity index (χ3n) is 5.14. The Morgan fingerprint density at radius 2 is 1.56 bits per heavy atom. The van der Waals surface area contributed by atoms with Gasteiger partial charge in [0.05, 0.1) is 0 Å². The Kier molecular flexibility index (Phi) is 4.41. The molecular weight excluding hydrogens is 218 g/mol. The molecule has 2 aliphatic rings. The molecule has 106 valence electrons. The molecule has 1 saturated heterocycles. The number of rotatable bonds is 6. The van der Waals surface area contributed by atoms with Crippen LogP contribution in [-0.4, -0.2) is 24.5 Å². The van der Waals surface area contributed by atoms with E-state index in [1.54, 1.807) is 0 Å². The molecule has 2 fully saturated rings. The Labute approximate surface area is 114 Å². The molecule has 1 spiro atoms. The number of hydrogen-bond donors (Lipinski definition) is 0. The van der Waals surface area contributed by atoms with Crippen molar-refractivity contribution in [2.24, 2.45) is 29.1 Å². The van der Waals surface area contributed by atoms with Gasteiger partial charge in [0.1, 0.15) is 0 Å². The fraction of sp³-hybridized carbons (Fsp3) is 1.00. The van der Waals surface area contributed by atoms with Crippen LogP contribution in [0.25, 0.3) is 0 Å². The summed E-state index contributed by atoms with van der Waals surface area (Å²) in [7, 11) is 0. The maximum Gasteiger partial charge on any atom is 0.00508 e. The van der Waals surface area contributed by atoms with Gasteiger partial charge in [-0.2, -0.15) is 0 Å². The van der Waals surface area contributed by atoms with Crippen LogP contribution in [0.2, 0.25) is 0 Å². The van der Waals surface area contributed by atoms with E-state index in [0.717, 1.165) is 29.1 Å². The fourth-order valence-electron chi connectivity index (χ4n) is 4.09. The zero-order valence-electron chi connectivity index (χ0n) is 13.2. The second kappa shape index (κ2) is 5.53. The first-order valence-electron chi connectivity index (χ1n) is 8.12. The zero-order chi connectivity index (χ0) is 13.3. The molecule has 1 saturated carbocycles. The summed E-state index contributed by atoms with van der Waals surface area (Å²) in [5.74, 6) is 3.73. The number of likely N-dealkylation sites (tertiary alicyclic amines) is 1. The van der Waals surface area contributed by atoms with Crippen molar-refractivity contribution >= 4 is 0 Å². The predicted octanol–water partition coefficient (Wildman–Crippen LogP) is 4.43. The summed E-state index contributed by atoms with van der Waals surface area (Å²) >= 11 is 0. The minimum absolute atomic E-state index is 0.769. The van der Waals surface area contributed by atoms with E-state index in [1.807, 2.05) is 0 Å². The Balaban J connectivity index is 1.63. The van der Waals surface area contributed by atoms with Gasteiger partial charge in [-0.05, 0) is 41.9 Å². The summed E-state index contributed by atoms with van der Waals surface area (Å²) in [6.45, 7) is 16.0. The first-order chi connectivity index (χ1) is 8.40. The van der Waals surface area contributed by atoms with Crippen LogP contribution in [0.3, 0.4) is 0 Å². The molecule has 18 heavy (non-hydrogen) atoms. The number of nitrogens with zero attached hydrogens (tertiary/aromatic N) is 1. The van der Waals surface area contributed by atoms with Crippen LogP contribution in [0.4, 0.5) is 0 Å². The van der Waals surface area contributed by atoms with Crippen LogP contribution in [0.15, 0.2) is 0 Å². The molecule has 0 aromatic heterocycles.